The first-order valence-corrected chi connectivity index (χ1v) is 15.2. The van der Waals surface area contributed by atoms with Crippen molar-refractivity contribution in [3.8, 4) is 0 Å². The summed E-state index contributed by atoms with van der Waals surface area (Å²) < 4.78 is 0.941. The van der Waals surface area contributed by atoms with Crippen molar-refractivity contribution < 1.29 is 48.0 Å². The van der Waals surface area contributed by atoms with E-state index < -0.39 is 23.2 Å². The van der Waals surface area contributed by atoms with Crippen LogP contribution in [0.15, 0.2) is 101 Å². The molecule has 2 atom stereocenters. The van der Waals surface area contributed by atoms with E-state index in [0.717, 1.165) is 5.02 Å². The Kier molecular flexibility index (Phi) is 7.24. The maximum atomic E-state index is 6.87. The van der Waals surface area contributed by atoms with Crippen LogP contribution in [-0.2, 0) is 23.2 Å². The first-order chi connectivity index (χ1) is 16.3. The molecule has 4 aromatic carbocycles. The third-order valence-corrected chi connectivity index (χ3v) is 12.9. The van der Waals surface area contributed by atoms with E-state index in [4.69, 9.17) is 11.6 Å². The Balaban J connectivity index is 0.00000127. The van der Waals surface area contributed by atoms with E-state index in [2.05, 4.69) is 103 Å². The van der Waals surface area contributed by atoms with E-state index in [-0.39, 0.29) is 24.8 Å². The molecule has 0 N–H and O–H groups in total. The summed E-state index contributed by atoms with van der Waals surface area (Å²) in [4.78, 5) is 2.72. The zero-order chi connectivity index (χ0) is 21.9. The van der Waals surface area contributed by atoms with Gasteiger partial charge in [0.25, 0.3) is 0 Å². The van der Waals surface area contributed by atoms with Crippen molar-refractivity contribution in [1.82, 2.24) is 0 Å². The molecule has 0 saturated heterocycles. The number of hydrogen-bond donors (Lipinski definition) is 0. The number of benzene rings is 4. The predicted octanol–water partition coefficient (Wildman–Crippen LogP) is 2.79. The summed E-state index contributed by atoms with van der Waals surface area (Å²) in [5.41, 5.74) is 11.3. The molecule has 0 radical (unpaired) electrons. The molecule has 3 aliphatic rings. The van der Waals surface area contributed by atoms with Crippen LogP contribution in [0.1, 0.15) is 40.6 Å². The van der Waals surface area contributed by atoms with Crippen LogP contribution < -0.4 is 24.8 Å². The van der Waals surface area contributed by atoms with Gasteiger partial charge < -0.3 is 24.8 Å². The summed E-state index contributed by atoms with van der Waals surface area (Å²) in [7, 11) is 0. The average Bonchev–Trinajstić information content (AvgIpc) is 3.40. The largest absolute Gasteiger partial charge is 1.00 e. The Morgan fingerprint density at radius 3 is 2.29 bits per heavy atom. The third kappa shape index (κ3) is 4.22. The van der Waals surface area contributed by atoms with Crippen molar-refractivity contribution in [1.29, 1.82) is 0 Å². The summed E-state index contributed by atoms with van der Waals surface area (Å²) >= 11 is 7.70. The monoisotopic (exact) mass is 606 g/mol. The van der Waals surface area contributed by atoms with Crippen molar-refractivity contribution in [2.75, 3.05) is 0 Å². The van der Waals surface area contributed by atoms with Crippen LogP contribution in [0.5, 0.6) is 0 Å². The molecule has 1 heterocycles. The van der Waals surface area contributed by atoms with E-state index in [1.165, 1.54) is 54.3 Å². The molecule has 0 saturated carbocycles. The normalized spacial score (nSPS) is 18.1. The molecular weight excluding hydrogens is 590 g/mol. The minimum Gasteiger partial charge on any atom is -1.00 e. The summed E-state index contributed by atoms with van der Waals surface area (Å²) in [5, 5.41) is 0.917. The van der Waals surface area contributed by atoms with Gasteiger partial charge in [0.05, 0.1) is 0 Å². The van der Waals surface area contributed by atoms with Crippen LogP contribution in [0, 0.1) is 0 Å². The number of fused-ring (bicyclic) bond motifs is 4. The fraction of sp³-hybridized carbons (Fsp3) is 0.0667. The summed E-state index contributed by atoms with van der Waals surface area (Å²) in [6.45, 7) is 0. The van der Waals surface area contributed by atoms with E-state index in [1.807, 2.05) is 11.8 Å². The van der Waals surface area contributed by atoms with Crippen molar-refractivity contribution in [3.05, 3.63) is 129 Å². The average molecular weight is 609 g/mol. The van der Waals surface area contributed by atoms with E-state index in [0.29, 0.717) is 7.25 Å². The molecule has 5 heteroatoms. The molecule has 1 aliphatic heterocycles. The molecule has 2 aliphatic carbocycles. The van der Waals surface area contributed by atoms with Gasteiger partial charge in [-0.25, -0.2) is 0 Å². The second kappa shape index (κ2) is 10.1. The van der Waals surface area contributed by atoms with Gasteiger partial charge in [0, 0.05) is 0 Å². The molecule has 0 fully saturated rings. The number of rotatable bonds is 3. The Bertz CT molecular complexity index is 1490. The van der Waals surface area contributed by atoms with Crippen molar-refractivity contribution >= 4 is 46.7 Å². The Labute approximate surface area is 239 Å². The van der Waals surface area contributed by atoms with E-state index in [1.54, 1.807) is 0 Å². The summed E-state index contributed by atoms with van der Waals surface area (Å²) in [6.07, 6.45) is 4.88. The Morgan fingerprint density at radius 2 is 1.43 bits per heavy atom. The third-order valence-electron chi connectivity index (χ3n) is 6.85. The Morgan fingerprint density at radius 1 is 0.686 bits per heavy atom. The van der Waals surface area contributed by atoms with Crippen LogP contribution in [0.4, 0.5) is 0 Å². The maximum Gasteiger partial charge on any atom is -1.00 e. The van der Waals surface area contributed by atoms with Gasteiger partial charge in [0.1, 0.15) is 0 Å². The fourth-order valence-corrected chi connectivity index (χ4v) is 12.1. The summed E-state index contributed by atoms with van der Waals surface area (Å²) in [5.74, 6) is 0. The fourth-order valence-electron chi connectivity index (χ4n) is 5.37. The number of allylic oxidation sites excluding steroid dienone is 2. The van der Waals surface area contributed by atoms with Crippen LogP contribution in [0.25, 0.3) is 23.3 Å². The molecule has 0 amide bonds. The quantitative estimate of drug-likeness (QED) is 0.345. The minimum absolute atomic E-state index is 0. The molecule has 7 rings (SSSR count). The van der Waals surface area contributed by atoms with E-state index >= 15 is 0 Å². The topological polar surface area (TPSA) is 0 Å². The minimum atomic E-state index is -1.06. The SMILES string of the molecule is Clc1cccc2c1[CH]([Zr+2][CH]1C3=Cc4c(cccc41)Sc1cccc3c1)C(c1ccccc1)=C2.[Cl-].[Cl-]. The van der Waals surface area contributed by atoms with Crippen LogP contribution in [-0.4, -0.2) is 0 Å². The van der Waals surface area contributed by atoms with Crippen molar-refractivity contribution in [3.63, 3.8) is 0 Å². The second-order valence-electron chi connectivity index (χ2n) is 8.73. The van der Waals surface area contributed by atoms with Crippen molar-refractivity contribution in [2.45, 2.75) is 17.0 Å². The van der Waals surface area contributed by atoms with Gasteiger partial charge >= 0.3 is 216 Å². The molecular formula is C30H19Cl3SZr. The van der Waals surface area contributed by atoms with Gasteiger partial charge in [-0.1, -0.05) is 0 Å². The van der Waals surface area contributed by atoms with E-state index in [9.17, 15) is 0 Å². The van der Waals surface area contributed by atoms with Gasteiger partial charge in [-0.15, -0.1) is 0 Å². The van der Waals surface area contributed by atoms with Gasteiger partial charge in [0.2, 0.25) is 0 Å². The van der Waals surface area contributed by atoms with Gasteiger partial charge in [0.15, 0.2) is 0 Å². The molecule has 4 bridgehead atoms. The second-order valence-corrected chi connectivity index (χ2v) is 13.9. The first kappa shape index (κ1) is 25.1. The van der Waals surface area contributed by atoms with Gasteiger partial charge in [-0.05, 0) is 0 Å². The molecule has 4 aromatic rings. The molecule has 2 unspecified atom stereocenters. The van der Waals surface area contributed by atoms with Crippen LogP contribution in [0.3, 0.4) is 0 Å². The maximum absolute atomic E-state index is 6.87. The standard InChI is InChI=1S/C15H10Cl.C15H9S.2ClH.Zr/c16-15-8-4-7-12-9-13(10-14(12)15)11-5-2-1-3-6-11;1-3-10-8-13(5-1)16-15-6-2-4-11-7-12(10)9-14(11)15;;;/h1-10H;1-9H;2*1H;/q;;;;+2/p-2. The molecule has 170 valence electrons. The molecule has 0 aromatic heterocycles. The summed E-state index contributed by atoms with van der Waals surface area (Å²) in [6, 6.07) is 33.3. The molecule has 0 spiro atoms. The Hall–Kier alpha value is -1.54. The first-order valence-electron chi connectivity index (χ1n) is 11.2. The molecule has 0 nitrogen and oxygen atoms in total. The van der Waals surface area contributed by atoms with Crippen LogP contribution >= 0.6 is 23.4 Å². The van der Waals surface area contributed by atoms with Gasteiger partial charge in [-0.3, -0.25) is 0 Å². The molecule has 35 heavy (non-hydrogen) atoms. The number of halogens is 3. The predicted molar refractivity (Wildman–Crippen MR) is 136 cm³/mol. The van der Waals surface area contributed by atoms with Crippen molar-refractivity contribution in [2.24, 2.45) is 0 Å². The smallest absolute Gasteiger partial charge is 1.00 e. The zero-order valence-electron chi connectivity index (χ0n) is 18.5. The zero-order valence-corrected chi connectivity index (χ0v) is 24.1. The van der Waals surface area contributed by atoms with Gasteiger partial charge in [-0.2, -0.15) is 0 Å². The van der Waals surface area contributed by atoms with Crippen LogP contribution in [0.2, 0.25) is 5.02 Å². The number of hydrogen-bond acceptors (Lipinski definition) is 1.